The quantitative estimate of drug-likeness (QED) is 0.618. The van der Waals surface area contributed by atoms with Crippen LogP contribution in [0.25, 0.3) is 0 Å². The fourth-order valence-electron chi connectivity index (χ4n) is 2.59. The van der Waals surface area contributed by atoms with Gasteiger partial charge in [0.05, 0.1) is 6.54 Å². The minimum absolute atomic E-state index is 0.150. The van der Waals surface area contributed by atoms with Gasteiger partial charge >= 0.3 is 0 Å². The molecule has 3 rings (SSSR count). The number of nitrogens with two attached hydrogens (primary N) is 1. The Hall–Kier alpha value is -3.26. The average Bonchev–Trinajstić information content (AvgIpc) is 2.65. The first-order chi connectivity index (χ1) is 13.5. The summed E-state index contributed by atoms with van der Waals surface area (Å²) < 4.78 is 19.0. The van der Waals surface area contributed by atoms with E-state index >= 15 is 0 Å². The number of nitrogen functional groups attached to an aromatic ring is 1. The van der Waals surface area contributed by atoms with Crippen LogP contribution in [0.5, 0.6) is 5.75 Å². The van der Waals surface area contributed by atoms with E-state index in [4.69, 9.17) is 10.5 Å². The first-order valence-corrected chi connectivity index (χ1v) is 8.90. The van der Waals surface area contributed by atoms with E-state index in [-0.39, 0.29) is 17.5 Å². The molecule has 146 valence electrons. The normalized spacial score (nSPS) is 10.9. The van der Waals surface area contributed by atoms with Crippen molar-refractivity contribution in [3.8, 4) is 5.75 Å². The summed E-state index contributed by atoms with van der Waals surface area (Å²) in [7, 11) is 1.90. The molecule has 0 spiro atoms. The summed E-state index contributed by atoms with van der Waals surface area (Å²) in [5.41, 5.74) is 7.82. The molecule has 0 aliphatic rings. The lowest BCUT2D eigenvalue weighted by molar-refractivity contribution is 0.224. The predicted molar refractivity (Wildman–Crippen MR) is 107 cm³/mol. The lowest BCUT2D eigenvalue weighted by atomic mass is 10.2. The van der Waals surface area contributed by atoms with Gasteiger partial charge in [-0.25, -0.2) is 4.39 Å². The van der Waals surface area contributed by atoms with Crippen LogP contribution in [0.1, 0.15) is 11.4 Å². The Labute approximate surface area is 163 Å². The number of ether oxygens (including phenoxy) is 1. The van der Waals surface area contributed by atoms with E-state index in [0.29, 0.717) is 31.5 Å². The number of hydrogen-bond acceptors (Lipinski definition) is 7. The first kappa shape index (κ1) is 19.5. The molecule has 0 aliphatic heterocycles. The van der Waals surface area contributed by atoms with Crippen LogP contribution < -0.4 is 15.8 Å². The summed E-state index contributed by atoms with van der Waals surface area (Å²) in [5, 5.41) is 3.17. The molecule has 3 aromatic rings. The highest BCUT2D eigenvalue weighted by molar-refractivity contribution is 5.58. The second kappa shape index (κ2) is 9.09. The molecule has 0 bridgehead atoms. The van der Waals surface area contributed by atoms with Crippen LogP contribution in [0.15, 0.2) is 48.5 Å². The monoisotopic (exact) mass is 382 g/mol. The zero-order valence-corrected chi connectivity index (χ0v) is 15.9. The van der Waals surface area contributed by atoms with Crippen molar-refractivity contribution in [3.05, 3.63) is 65.7 Å². The molecular formula is C20H23FN6O. The van der Waals surface area contributed by atoms with Gasteiger partial charge in [-0.1, -0.05) is 30.3 Å². The summed E-state index contributed by atoms with van der Waals surface area (Å²) in [6.07, 6.45) is 0. The summed E-state index contributed by atoms with van der Waals surface area (Å²) in [5.74, 6) is 0.953. The Morgan fingerprint density at radius 2 is 1.82 bits per heavy atom. The third kappa shape index (κ3) is 5.37. The molecule has 3 N–H and O–H groups in total. The highest BCUT2D eigenvalue weighted by Crippen LogP contribution is 2.18. The van der Waals surface area contributed by atoms with Gasteiger partial charge in [0.1, 0.15) is 12.4 Å². The number of halogens is 1. The molecule has 7 nitrogen and oxygen atoms in total. The van der Waals surface area contributed by atoms with E-state index in [2.05, 4.69) is 20.3 Å². The van der Waals surface area contributed by atoms with Crippen LogP contribution in [-0.2, 0) is 6.54 Å². The maximum atomic E-state index is 13.6. The molecule has 0 amide bonds. The Morgan fingerprint density at radius 3 is 2.61 bits per heavy atom. The van der Waals surface area contributed by atoms with E-state index in [1.807, 2.05) is 43.1 Å². The number of aryl methyl sites for hydroxylation is 1. The van der Waals surface area contributed by atoms with Gasteiger partial charge in [-0.05, 0) is 37.7 Å². The molecule has 1 aromatic heterocycles. The number of anilines is 3. The van der Waals surface area contributed by atoms with E-state index < -0.39 is 0 Å². The Morgan fingerprint density at radius 1 is 1.07 bits per heavy atom. The smallest absolute Gasteiger partial charge is 0.232 e. The van der Waals surface area contributed by atoms with Crippen LogP contribution in [0.3, 0.4) is 0 Å². The number of aromatic nitrogens is 3. The minimum atomic E-state index is -0.373. The summed E-state index contributed by atoms with van der Waals surface area (Å²) in [6, 6.07) is 14.2. The number of nitrogens with zero attached hydrogens (tertiary/aromatic N) is 4. The molecule has 0 fully saturated rings. The standard InChI is InChI=1S/C20H23FN6O/c1-14-7-3-5-9-16(14)23-20-25-18(24-19(22)26-20)13-27(2)11-12-28-17-10-6-4-8-15(17)21/h3-10H,11-13H2,1-2H3,(H3,22,23,24,25,26). The third-order valence-electron chi connectivity index (χ3n) is 4.07. The second-order valence-electron chi connectivity index (χ2n) is 6.39. The van der Waals surface area contributed by atoms with E-state index in [1.165, 1.54) is 6.07 Å². The van der Waals surface area contributed by atoms with Gasteiger partial charge in [-0.3, -0.25) is 4.90 Å². The van der Waals surface area contributed by atoms with Crippen molar-refractivity contribution >= 4 is 17.6 Å². The molecule has 0 radical (unpaired) electrons. The first-order valence-electron chi connectivity index (χ1n) is 8.90. The topological polar surface area (TPSA) is 89.2 Å². The predicted octanol–water partition coefficient (Wildman–Crippen LogP) is 3.16. The highest BCUT2D eigenvalue weighted by atomic mass is 19.1. The fourth-order valence-corrected chi connectivity index (χ4v) is 2.59. The van der Waals surface area contributed by atoms with E-state index in [0.717, 1.165) is 11.3 Å². The van der Waals surface area contributed by atoms with Gasteiger partial charge in [0.15, 0.2) is 11.6 Å². The number of para-hydroxylation sites is 2. The van der Waals surface area contributed by atoms with Crippen LogP contribution in [0, 0.1) is 12.7 Å². The maximum absolute atomic E-state index is 13.6. The van der Waals surface area contributed by atoms with Crippen molar-refractivity contribution < 1.29 is 9.13 Å². The van der Waals surface area contributed by atoms with Crippen molar-refractivity contribution in [2.75, 3.05) is 31.2 Å². The Kier molecular flexibility index (Phi) is 6.33. The van der Waals surface area contributed by atoms with Gasteiger partial charge in [-0.15, -0.1) is 0 Å². The van der Waals surface area contributed by atoms with Gasteiger partial charge in [-0.2, -0.15) is 15.0 Å². The third-order valence-corrected chi connectivity index (χ3v) is 4.07. The zero-order valence-electron chi connectivity index (χ0n) is 15.9. The van der Waals surface area contributed by atoms with Crippen LogP contribution in [0.4, 0.5) is 22.0 Å². The van der Waals surface area contributed by atoms with Gasteiger partial charge in [0.25, 0.3) is 0 Å². The zero-order chi connectivity index (χ0) is 19.9. The molecule has 0 aliphatic carbocycles. The van der Waals surface area contributed by atoms with Crippen molar-refractivity contribution in [2.24, 2.45) is 0 Å². The van der Waals surface area contributed by atoms with Gasteiger partial charge < -0.3 is 15.8 Å². The number of benzene rings is 2. The Bertz CT molecular complexity index is 936. The second-order valence-corrected chi connectivity index (χ2v) is 6.39. The number of likely N-dealkylation sites (N-methyl/N-ethyl adjacent to an activating group) is 1. The van der Waals surface area contributed by atoms with Crippen molar-refractivity contribution in [3.63, 3.8) is 0 Å². The SMILES string of the molecule is Cc1ccccc1Nc1nc(N)nc(CN(C)CCOc2ccccc2F)n1. The maximum Gasteiger partial charge on any atom is 0.232 e. The minimum Gasteiger partial charge on any atom is -0.489 e. The van der Waals surface area contributed by atoms with Crippen molar-refractivity contribution in [1.29, 1.82) is 0 Å². The van der Waals surface area contributed by atoms with Gasteiger partial charge in [0, 0.05) is 12.2 Å². The lowest BCUT2D eigenvalue weighted by Crippen LogP contribution is -2.25. The van der Waals surface area contributed by atoms with E-state index in [1.54, 1.807) is 18.2 Å². The average molecular weight is 382 g/mol. The van der Waals surface area contributed by atoms with Crippen molar-refractivity contribution in [1.82, 2.24) is 19.9 Å². The molecule has 0 saturated heterocycles. The lowest BCUT2D eigenvalue weighted by Gasteiger charge is -2.17. The summed E-state index contributed by atoms with van der Waals surface area (Å²) >= 11 is 0. The molecule has 2 aromatic carbocycles. The number of nitrogens with one attached hydrogen (secondary N) is 1. The molecule has 1 heterocycles. The van der Waals surface area contributed by atoms with Crippen LogP contribution in [-0.4, -0.2) is 40.1 Å². The van der Waals surface area contributed by atoms with E-state index in [9.17, 15) is 4.39 Å². The molecular weight excluding hydrogens is 359 g/mol. The molecule has 28 heavy (non-hydrogen) atoms. The summed E-state index contributed by atoms with van der Waals surface area (Å²) in [6.45, 7) is 3.36. The molecule has 0 unspecified atom stereocenters. The van der Waals surface area contributed by atoms with Crippen LogP contribution >= 0.6 is 0 Å². The Balaban J connectivity index is 1.58. The molecule has 8 heteroatoms. The fraction of sp³-hybridized carbons (Fsp3) is 0.250. The molecule has 0 atom stereocenters. The number of rotatable bonds is 8. The number of hydrogen-bond donors (Lipinski definition) is 2. The van der Waals surface area contributed by atoms with Crippen molar-refractivity contribution in [2.45, 2.75) is 13.5 Å². The molecule has 0 saturated carbocycles. The summed E-state index contributed by atoms with van der Waals surface area (Å²) in [4.78, 5) is 14.7. The van der Waals surface area contributed by atoms with Crippen LogP contribution in [0.2, 0.25) is 0 Å². The largest absolute Gasteiger partial charge is 0.489 e. The van der Waals surface area contributed by atoms with Gasteiger partial charge in [0.2, 0.25) is 11.9 Å². The highest BCUT2D eigenvalue weighted by Gasteiger charge is 2.09.